The summed E-state index contributed by atoms with van der Waals surface area (Å²) in [6.07, 6.45) is 4.56. The van der Waals surface area contributed by atoms with Crippen LogP contribution in [0.1, 0.15) is 29.3 Å². The zero-order valence-electron chi connectivity index (χ0n) is 21.7. The van der Waals surface area contributed by atoms with Gasteiger partial charge in [0.1, 0.15) is 6.61 Å². The molecule has 0 saturated carbocycles. The monoisotopic (exact) mass is 469 g/mol. The summed E-state index contributed by atoms with van der Waals surface area (Å²) in [7, 11) is 4.07. The van der Waals surface area contributed by atoms with Gasteiger partial charge in [0.05, 0.1) is 23.6 Å². The van der Waals surface area contributed by atoms with Crippen molar-refractivity contribution in [3.63, 3.8) is 0 Å². The van der Waals surface area contributed by atoms with Crippen LogP contribution in [-0.4, -0.2) is 53.2 Å². The lowest BCUT2D eigenvalue weighted by Gasteiger charge is -2.33. The molecule has 0 radical (unpaired) electrons. The summed E-state index contributed by atoms with van der Waals surface area (Å²) in [6, 6.07) is 11.3. The van der Waals surface area contributed by atoms with Crippen molar-refractivity contribution in [1.82, 2.24) is 19.4 Å². The Morgan fingerprint density at radius 2 is 1.71 bits per heavy atom. The molecule has 0 amide bonds. The molecule has 0 atom stereocenters. The zero-order valence-corrected chi connectivity index (χ0v) is 21.7. The van der Waals surface area contributed by atoms with Crippen molar-refractivity contribution in [2.75, 3.05) is 38.7 Å². The first kappa shape index (κ1) is 23.4. The van der Waals surface area contributed by atoms with Gasteiger partial charge in [0.15, 0.2) is 5.75 Å². The molecule has 2 aromatic carbocycles. The van der Waals surface area contributed by atoms with E-state index >= 15 is 0 Å². The third kappa shape index (κ3) is 4.16. The normalized spacial score (nSPS) is 13.2. The Bertz CT molecular complexity index is 1350. The standard InChI is InChI=1S/C29H35N5O/c1-7-24-21(4)27-28-25(26(24)22-10-8-19(2)9-11-22)16-20(3)33(28)12-13-34(27)29-30-17-23(18-31-29)35-15-14-32(5)6/h8-11,16-18H,7,12-15H2,1-6H3. The Morgan fingerprint density at radius 3 is 2.37 bits per heavy atom. The molecule has 0 spiro atoms. The van der Waals surface area contributed by atoms with Crippen molar-refractivity contribution >= 4 is 22.5 Å². The second kappa shape index (κ2) is 9.34. The maximum Gasteiger partial charge on any atom is 0.230 e. The fourth-order valence-electron chi connectivity index (χ4n) is 5.28. The van der Waals surface area contributed by atoms with Gasteiger partial charge in [-0.3, -0.25) is 0 Å². The van der Waals surface area contributed by atoms with E-state index in [1.165, 1.54) is 50.1 Å². The predicted molar refractivity (Wildman–Crippen MR) is 144 cm³/mol. The molecule has 182 valence electrons. The molecule has 2 aromatic heterocycles. The van der Waals surface area contributed by atoms with E-state index in [1.54, 1.807) is 12.4 Å². The second-order valence-electron chi connectivity index (χ2n) is 9.77. The van der Waals surface area contributed by atoms with E-state index in [4.69, 9.17) is 14.7 Å². The van der Waals surface area contributed by atoms with Crippen LogP contribution in [0.5, 0.6) is 5.75 Å². The number of hydrogen-bond donors (Lipinski definition) is 0. The Kier molecular flexibility index (Phi) is 6.24. The number of nitrogens with zero attached hydrogens (tertiary/aromatic N) is 5. The first-order valence-electron chi connectivity index (χ1n) is 12.5. The lowest BCUT2D eigenvalue weighted by Crippen LogP contribution is -2.30. The number of anilines is 2. The molecule has 4 aromatic rings. The maximum absolute atomic E-state index is 5.82. The molecule has 35 heavy (non-hydrogen) atoms. The molecule has 0 N–H and O–H groups in total. The zero-order chi connectivity index (χ0) is 24.7. The van der Waals surface area contributed by atoms with Gasteiger partial charge in [0.25, 0.3) is 0 Å². The quantitative estimate of drug-likeness (QED) is 0.349. The summed E-state index contributed by atoms with van der Waals surface area (Å²) in [5, 5.41) is 1.32. The molecule has 5 rings (SSSR count). The van der Waals surface area contributed by atoms with Gasteiger partial charge in [-0.15, -0.1) is 0 Å². The highest BCUT2D eigenvalue weighted by Crippen LogP contribution is 2.46. The van der Waals surface area contributed by atoms with Crippen LogP contribution >= 0.6 is 0 Å². The minimum Gasteiger partial charge on any atom is -0.489 e. The highest BCUT2D eigenvalue weighted by atomic mass is 16.5. The summed E-state index contributed by atoms with van der Waals surface area (Å²) in [5.41, 5.74) is 10.4. The van der Waals surface area contributed by atoms with Crippen LogP contribution in [0.25, 0.3) is 22.0 Å². The molecule has 6 heteroatoms. The summed E-state index contributed by atoms with van der Waals surface area (Å²) in [6.45, 7) is 12.1. The van der Waals surface area contributed by atoms with Crippen LogP contribution in [0.2, 0.25) is 0 Å². The molecule has 1 aliphatic heterocycles. The van der Waals surface area contributed by atoms with Gasteiger partial charge in [-0.05, 0) is 69.6 Å². The van der Waals surface area contributed by atoms with E-state index in [0.717, 1.165) is 32.0 Å². The number of aromatic nitrogens is 3. The van der Waals surface area contributed by atoms with Gasteiger partial charge in [0.2, 0.25) is 5.95 Å². The van der Waals surface area contributed by atoms with Crippen molar-refractivity contribution in [3.05, 3.63) is 65.1 Å². The molecule has 3 heterocycles. The molecular weight excluding hydrogens is 434 g/mol. The minimum atomic E-state index is 0.617. The van der Waals surface area contributed by atoms with E-state index in [0.29, 0.717) is 12.4 Å². The van der Waals surface area contributed by atoms with Crippen molar-refractivity contribution < 1.29 is 4.74 Å². The van der Waals surface area contributed by atoms with Crippen molar-refractivity contribution in [3.8, 4) is 16.9 Å². The highest BCUT2D eigenvalue weighted by molar-refractivity contribution is 6.07. The summed E-state index contributed by atoms with van der Waals surface area (Å²) in [5.74, 6) is 1.43. The summed E-state index contributed by atoms with van der Waals surface area (Å²) in [4.78, 5) is 13.8. The summed E-state index contributed by atoms with van der Waals surface area (Å²) < 4.78 is 8.28. The number of rotatable bonds is 7. The Balaban J connectivity index is 1.62. The third-order valence-corrected chi connectivity index (χ3v) is 7.08. The lowest BCUT2D eigenvalue weighted by molar-refractivity contribution is 0.260. The predicted octanol–water partition coefficient (Wildman–Crippen LogP) is 5.68. The molecule has 0 fully saturated rings. The molecule has 0 bridgehead atoms. The summed E-state index contributed by atoms with van der Waals surface area (Å²) >= 11 is 0. The number of aryl methyl sites for hydroxylation is 2. The Labute approximate surface area is 208 Å². The van der Waals surface area contributed by atoms with Gasteiger partial charge in [-0.1, -0.05) is 36.8 Å². The van der Waals surface area contributed by atoms with Gasteiger partial charge in [0, 0.05) is 30.7 Å². The molecule has 1 aliphatic rings. The smallest absolute Gasteiger partial charge is 0.230 e. The number of ether oxygens (including phenoxy) is 1. The molecular formula is C29H35N5O. The largest absolute Gasteiger partial charge is 0.489 e. The van der Waals surface area contributed by atoms with E-state index in [1.807, 2.05) is 14.1 Å². The van der Waals surface area contributed by atoms with E-state index in [-0.39, 0.29) is 0 Å². The Hall–Kier alpha value is -3.38. The number of hydrogen-bond acceptors (Lipinski definition) is 5. The number of likely N-dealkylation sites (N-methyl/N-ethyl adjacent to an activating group) is 1. The second-order valence-corrected chi connectivity index (χ2v) is 9.77. The SMILES string of the molecule is CCc1c(C)c2c3c(cc(C)n3CCN2c2ncc(OCCN(C)C)cn2)c1-c1ccc(C)cc1. The average molecular weight is 470 g/mol. The van der Waals surface area contributed by atoms with Gasteiger partial charge < -0.3 is 19.1 Å². The first-order valence-corrected chi connectivity index (χ1v) is 12.5. The van der Waals surface area contributed by atoms with Crippen LogP contribution < -0.4 is 9.64 Å². The van der Waals surface area contributed by atoms with Crippen LogP contribution in [0.15, 0.2) is 42.7 Å². The van der Waals surface area contributed by atoms with Gasteiger partial charge in [-0.2, -0.15) is 0 Å². The molecule has 0 aliphatic carbocycles. The molecule has 0 saturated heterocycles. The van der Waals surface area contributed by atoms with Crippen LogP contribution in [0, 0.1) is 20.8 Å². The van der Waals surface area contributed by atoms with E-state index in [9.17, 15) is 0 Å². The van der Waals surface area contributed by atoms with Crippen LogP contribution in [0.3, 0.4) is 0 Å². The maximum atomic E-state index is 5.82. The van der Waals surface area contributed by atoms with Crippen molar-refractivity contribution in [1.29, 1.82) is 0 Å². The third-order valence-electron chi connectivity index (χ3n) is 7.08. The van der Waals surface area contributed by atoms with Crippen molar-refractivity contribution in [2.24, 2.45) is 0 Å². The fraction of sp³-hybridized carbons (Fsp3) is 0.379. The molecule has 0 unspecified atom stereocenters. The fourth-order valence-corrected chi connectivity index (χ4v) is 5.28. The topological polar surface area (TPSA) is 46.4 Å². The Morgan fingerprint density at radius 1 is 1.00 bits per heavy atom. The van der Waals surface area contributed by atoms with E-state index in [2.05, 4.69) is 72.4 Å². The van der Waals surface area contributed by atoms with Gasteiger partial charge in [-0.25, -0.2) is 9.97 Å². The number of benzene rings is 2. The van der Waals surface area contributed by atoms with Gasteiger partial charge >= 0.3 is 0 Å². The highest BCUT2D eigenvalue weighted by Gasteiger charge is 2.29. The average Bonchev–Trinajstić information content (AvgIpc) is 3.18. The van der Waals surface area contributed by atoms with Crippen LogP contribution in [0.4, 0.5) is 11.6 Å². The first-order chi connectivity index (χ1) is 16.9. The van der Waals surface area contributed by atoms with Crippen LogP contribution in [-0.2, 0) is 13.0 Å². The minimum absolute atomic E-state index is 0.617. The molecule has 6 nitrogen and oxygen atoms in total. The van der Waals surface area contributed by atoms with E-state index < -0.39 is 0 Å². The lowest BCUT2D eigenvalue weighted by atomic mass is 9.89. The van der Waals surface area contributed by atoms with Crippen molar-refractivity contribution in [2.45, 2.75) is 40.7 Å².